The van der Waals surface area contributed by atoms with E-state index in [1.807, 2.05) is 6.07 Å². The van der Waals surface area contributed by atoms with Crippen molar-refractivity contribution in [1.29, 1.82) is 5.26 Å². The number of carboxylic acid groups (broad SMARTS) is 1. The van der Waals surface area contributed by atoms with Gasteiger partial charge in [-0.1, -0.05) is 0 Å². The van der Waals surface area contributed by atoms with Gasteiger partial charge in [0.05, 0.1) is 18.2 Å². The minimum absolute atomic E-state index is 0.322. The van der Waals surface area contributed by atoms with Gasteiger partial charge in [0, 0.05) is 10.3 Å². The van der Waals surface area contributed by atoms with E-state index in [1.54, 1.807) is 11.4 Å². The maximum absolute atomic E-state index is 10.3. The fourth-order valence-electron chi connectivity index (χ4n) is 0.950. The van der Waals surface area contributed by atoms with Crippen molar-refractivity contribution in [3.63, 3.8) is 0 Å². The molecular weight excluding hydrogens is 204 g/mol. The molecule has 0 fully saturated rings. The first kappa shape index (κ1) is 10.5. The summed E-state index contributed by atoms with van der Waals surface area (Å²) in [6.45, 7) is -0.322. The number of nitrogens with zero attached hydrogens (tertiary/aromatic N) is 1. The molecule has 0 radical (unpaired) electrons. The lowest BCUT2D eigenvalue weighted by Crippen LogP contribution is -2.28. The third kappa shape index (κ3) is 2.45. The fraction of sp³-hybridized carbons (Fsp3) is 0.250. The molecule has 0 aromatic carbocycles. The molecule has 74 valence electrons. The highest BCUT2D eigenvalue weighted by atomic mass is 32.1. The summed E-state index contributed by atoms with van der Waals surface area (Å²) in [6.07, 6.45) is -1.20. The van der Waals surface area contributed by atoms with Crippen LogP contribution in [0.2, 0.25) is 0 Å². The SMILES string of the molecule is N#Cc1csc([C@@H](CO)NC(=O)O)c1. The molecule has 6 heteroatoms. The summed E-state index contributed by atoms with van der Waals surface area (Å²) in [4.78, 5) is 11.0. The van der Waals surface area contributed by atoms with Crippen LogP contribution in [0.3, 0.4) is 0 Å². The lowest BCUT2D eigenvalue weighted by molar-refractivity contribution is 0.178. The number of aliphatic hydroxyl groups is 1. The second kappa shape index (κ2) is 4.60. The van der Waals surface area contributed by atoms with Gasteiger partial charge in [-0.15, -0.1) is 11.3 Å². The largest absolute Gasteiger partial charge is 0.465 e. The van der Waals surface area contributed by atoms with Crippen LogP contribution in [0.25, 0.3) is 0 Å². The predicted octanol–water partition coefficient (Wildman–Crippen LogP) is 0.921. The molecule has 0 aliphatic rings. The van der Waals surface area contributed by atoms with Gasteiger partial charge in [-0.25, -0.2) is 4.79 Å². The van der Waals surface area contributed by atoms with Crippen molar-refractivity contribution < 1.29 is 15.0 Å². The van der Waals surface area contributed by atoms with E-state index in [9.17, 15) is 4.79 Å². The lowest BCUT2D eigenvalue weighted by atomic mass is 10.2. The van der Waals surface area contributed by atoms with Gasteiger partial charge in [-0.05, 0) is 6.07 Å². The van der Waals surface area contributed by atoms with E-state index in [4.69, 9.17) is 15.5 Å². The van der Waals surface area contributed by atoms with Crippen LogP contribution in [0.1, 0.15) is 16.5 Å². The van der Waals surface area contributed by atoms with Gasteiger partial charge in [-0.2, -0.15) is 5.26 Å². The third-order valence-electron chi connectivity index (χ3n) is 1.57. The molecular formula is C8H8N2O3S. The number of hydrogen-bond acceptors (Lipinski definition) is 4. The predicted molar refractivity (Wildman–Crippen MR) is 50.0 cm³/mol. The first-order valence-electron chi connectivity index (χ1n) is 3.76. The second-order valence-corrected chi connectivity index (χ2v) is 3.48. The van der Waals surface area contributed by atoms with Crippen molar-refractivity contribution in [2.45, 2.75) is 6.04 Å². The van der Waals surface area contributed by atoms with Crippen LogP contribution in [0.4, 0.5) is 4.79 Å². The van der Waals surface area contributed by atoms with Crippen LogP contribution in [0, 0.1) is 11.3 Å². The summed E-state index contributed by atoms with van der Waals surface area (Å²) < 4.78 is 0. The standard InChI is InChI=1S/C8H8N2O3S/c9-2-5-1-7(14-4-5)6(3-11)10-8(12)13/h1,4,6,10-11H,3H2,(H,12,13)/t6-/m1/s1. The van der Waals surface area contributed by atoms with Crippen molar-refractivity contribution in [1.82, 2.24) is 5.32 Å². The Labute approximate surface area is 84.2 Å². The molecule has 0 aliphatic heterocycles. The number of aliphatic hydroxyl groups excluding tert-OH is 1. The summed E-state index contributed by atoms with van der Waals surface area (Å²) in [6, 6.07) is 2.84. The van der Waals surface area contributed by atoms with Crippen LogP contribution < -0.4 is 5.32 Å². The van der Waals surface area contributed by atoms with E-state index in [-0.39, 0.29) is 6.61 Å². The van der Waals surface area contributed by atoms with E-state index >= 15 is 0 Å². The van der Waals surface area contributed by atoms with Crippen LogP contribution in [0.5, 0.6) is 0 Å². The molecule has 5 nitrogen and oxygen atoms in total. The molecule has 1 aromatic rings. The van der Waals surface area contributed by atoms with Crippen molar-refractivity contribution in [3.8, 4) is 6.07 Å². The third-order valence-corrected chi connectivity index (χ3v) is 2.62. The maximum atomic E-state index is 10.3. The van der Waals surface area contributed by atoms with E-state index in [0.717, 1.165) is 0 Å². The zero-order valence-electron chi connectivity index (χ0n) is 7.10. The molecule has 1 rings (SSSR count). The Bertz CT molecular complexity index is 369. The zero-order valence-corrected chi connectivity index (χ0v) is 7.91. The monoisotopic (exact) mass is 212 g/mol. The highest BCUT2D eigenvalue weighted by Crippen LogP contribution is 2.21. The Morgan fingerprint density at radius 1 is 1.79 bits per heavy atom. The number of carbonyl (C=O) groups is 1. The molecule has 1 aromatic heterocycles. The average molecular weight is 212 g/mol. The molecule has 0 saturated carbocycles. The molecule has 0 unspecified atom stereocenters. The quantitative estimate of drug-likeness (QED) is 0.694. The first-order valence-corrected chi connectivity index (χ1v) is 4.64. The summed E-state index contributed by atoms with van der Waals surface area (Å²) in [5.41, 5.74) is 0.468. The van der Waals surface area contributed by atoms with Gasteiger partial charge < -0.3 is 15.5 Å². The van der Waals surface area contributed by atoms with Crippen LogP contribution >= 0.6 is 11.3 Å². The van der Waals surface area contributed by atoms with Gasteiger partial charge in [-0.3, -0.25) is 0 Å². The minimum Gasteiger partial charge on any atom is -0.465 e. The van der Waals surface area contributed by atoms with E-state index in [0.29, 0.717) is 10.4 Å². The second-order valence-electron chi connectivity index (χ2n) is 2.53. The molecule has 3 N–H and O–H groups in total. The van der Waals surface area contributed by atoms with Crippen LogP contribution in [-0.2, 0) is 0 Å². The minimum atomic E-state index is -1.20. The van der Waals surface area contributed by atoms with E-state index < -0.39 is 12.1 Å². The first-order chi connectivity index (χ1) is 6.67. The molecule has 1 amide bonds. The number of nitrogens with one attached hydrogen (secondary N) is 1. The Morgan fingerprint density at radius 3 is 2.93 bits per heavy atom. The molecule has 0 aliphatic carbocycles. The maximum Gasteiger partial charge on any atom is 0.405 e. The van der Waals surface area contributed by atoms with Gasteiger partial charge in [0.2, 0.25) is 0 Å². The summed E-state index contributed by atoms with van der Waals surface area (Å²) >= 11 is 1.24. The van der Waals surface area contributed by atoms with E-state index in [2.05, 4.69) is 5.32 Å². The zero-order chi connectivity index (χ0) is 10.6. The lowest BCUT2D eigenvalue weighted by Gasteiger charge is -2.11. The molecule has 0 spiro atoms. The number of amides is 1. The van der Waals surface area contributed by atoms with Crippen molar-refractivity contribution in [2.24, 2.45) is 0 Å². The summed E-state index contributed by atoms with van der Waals surface area (Å²) in [7, 11) is 0. The molecule has 14 heavy (non-hydrogen) atoms. The average Bonchev–Trinajstić information content (AvgIpc) is 2.62. The number of nitriles is 1. The number of thiophene rings is 1. The van der Waals surface area contributed by atoms with Crippen LogP contribution in [-0.4, -0.2) is 22.9 Å². The van der Waals surface area contributed by atoms with Crippen LogP contribution in [0.15, 0.2) is 11.4 Å². The summed E-state index contributed by atoms with van der Waals surface area (Å²) in [5.74, 6) is 0. The van der Waals surface area contributed by atoms with Gasteiger partial charge in [0.1, 0.15) is 6.07 Å². The van der Waals surface area contributed by atoms with Gasteiger partial charge in [0.25, 0.3) is 0 Å². The van der Waals surface area contributed by atoms with Gasteiger partial charge in [0.15, 0.2) is 0 Å². The fourth-order valence-corrected chi connectivity index (χ4v) is 1.83. The normalized spacial score (nSPS) is 11.7. The molecule has 1 heterocycles. The topological polar surface area (TPSA) is 93.4 Å². The molecule has 1 atom stereocenters. The Hall–Kier alpha value is -1.58. The van der Waals surface area contributed by atoms with Crippen molar-refractivity contribution >= 4 is 17.4 Å². The smallest absolute Gasteiger partial charge is 0.405 e. The van der Waals surface area contributed by atoms with Gasteiger partial charge >= 0.3 is 6.09 Å². The number of rotatable bonds is 3. The highest BCUT2D eigenvalue weighted by Gasteiger charge is 2.14. The van der Waals surface area contributed by atoms with Crippen molar-refractivity contribution in [3.05, 3.63) is 21.9 Å². The Balaban J connectivity index is 2.79. The van der Waals surface area contributed by atoms with E-state index in [1.165, 1.54) is 11.3 Å². The number of hydrogen-bond donors (Lipinski definition) is 3. The molecule has 0 bridgehead atoms. The van der Waals surface area contributed by atoms with Crippen molar-refractivity contribution in [2.75, 3.05) is 6.61 Å². The Morgan fingerprint density at radius 2 is 2.50 bits per heavy atom. The highest BCUT2D eigenvalue weighted by molar-refractivity contribution is 7.10. The summed E-state index contributed by atoms with van der Waals surface area (Å²) in [5, 5.41) is 29.7. The Kier molecular flexibility index (Phi) is 3.45. The molecule has 0 saturated heterocycles.